The van der Waals surface area contributed by atoms with E-state index in [2.05, 4.69) is 70.2 Å². The number of piperidine rings is 1. The van der Waals surface area contributed by atoms with Crippen LogP contribution in [0.4, 0.5) is 5.95 Å². The van der Waals surface area contributed by atoms with Gasteiger partial charge in [0.2, 0.25) is 5.95 Å². The number of aliphatic imine (C=N–C) groups is 1. The maximum atomic E-state index is 4.96. The molecular weight excluding hydrogens is 444 g/mol. The highest BCUT2D eigenvalue weighted by Gasteiger charge is 2.33. The van der Waals surface area contributed by atoms with Crippen LogP contribution in [-0.2, 0) is 13.1 Å². The minimum Gasteiger partial charge on any atom is -0.324 e. The summed E-state index contributed by atoms with van der Waals surface area (Å²) < 4.78 is 0. The smallest absolute Gasteiger partial charge is 0.227 e. The van der Waals surface area contributed by atoms with Crippen molar-refractivity contribution >= 4 is 12.2 Å². The molecule has 0 aromatic carbocycles. The number of hydrogen-bond donors (Lipinski definition) is 1. The van der Waals surface area contributed by atoms with Crippen LogP contribution in [0.3, 0.4) is 0 Å². The van der Waals surface area contributed by atoms with Crippen LogP contribution < -0.4 is 5.32 Å². The second-order valence-electron chi connectivity index (χ2n) is 11.0. The molecule has 0 radical (unpaired) electrons. The quantitative estimate of drug-likeness (QED) is 0.499. The lowest BCUT2D eigenvalue weighted by molar-refractivity contribution is 0.0755. The topological polar surface area (TPSA) is 56.7 Å². The summed E-state index contributed by atoms with van der Waals surface area (Å²) >= 11 is 0. The Bertz CT molecular complexity index is 1080. The number of hydrogen-bond acceptors (Lipinski definition) is 6. The Morgan fingerprint density at radius 2 is 2.06 bits per heavy atom. The van der Waals surface area contributed by atoms with Crippen molar-refractivity contribution in [2.75, 3.05) is 18.4 Å². The SMILES string of the molecule is CCC1=CC(Nc2ncc3c(n2)CN([C@@H]2CCN(C/C4=C/CC=N/C=C\C4)[C@H](C)C2)C3)=CC(C)CC1. The first kappa shape index (κ1) is 25.1. The molecule has 1 unspecified atom stereocenters. The van der Waals surface area contributed by atoms with Crippen molar-refractivity contribution in [1.82, 2.24) is 19.8 Å². The molecule has 3 atom stereocenters. The van der Waals surface area contributed by atoms with Gasteiger partial charge < -0.3 is 5.32 Å². The van der Waals surface area contributed by atoms with Crippen LogP contribution in [0, 0.1) is 5.92 Å². The lowest BCUT2D eigenvalue weighted by Gasteiger charge is -2.41. The Kier molecular flexibility index (Phi) is 8.12. The van der Waals surface area contributed by atoms with Crippen LogP contribution in [0.25, 0.3) is 0 Å². The molecule has 1 aromatic heterocycles. The average molecular weight is 487 g/mol. The number of aromatic nitrogens is 2. The molecule has 0 saturated carbocycles. The van der Waals surface area contributed by atoms with Gasteiger partial charge in [0.25, 0.3) is 0 Å². The zero-order valence-electron chi connectivity index (χ0n) is 22.3. The Hall–Kier alpha value is -2.57. The van der Waals surface area contributed by atoms with Gasteiger partial charge in [0.05, 0.1) is 5.69 Å². The summed E-state index contributed by atoms with van der Waals surface area (Å²) in [5.41, 5.74) is 6.65. The second kappa shape index (κ2) is 11.7. The molecule has 4 aliphatic rings. The highest BCUT2D eigenvalue weighted by molar-refractivity contribution is 5.60. The third-order valence-electron chi connectivity index (χ3n) is 8.23. The maximum absolute atomic E-state index is 4.96. The van der Waals surface area contributed by atoms with Crippen LogP contribution in [-0.4, -0.2) is 51.2 Å². The van der Waals surface area contributed by atoms with E-state index in [1.807, 2.05) is 18.6 Å². The van der Waals surface area contributed by atoms with Gasteiger partial charge in [0, 0.05) is 74.6 Å². The van der Waals surface area contributed by atoms with Crippen molar-refractivity contribution in [1.29, 1.82) is 0 Å². The first-order valence-electron chi connectivity index (χ1n) is 13.9. The van der Waals surface area contributed by atoms with Gasteiger partial charge in [-0.05, 0) is 57.4 Å². The Labute approximate surface area is 217 Å². The second-order valence-corrected chi connectivity index (χ2v) is 11.0. The molecule has 1 N–H and O–H groups in total. The monoisotopic (exact) mass is 486 g/mol. The molecule has 1 saturated heterocycles. The Morgan fingerprint density at radius 3 is 2.92 bits per heavy atom. The lowest BCUT2D eigenvalue weighted by Crippen LogP contribution is -2.48. The van der Waals surface area contributed by atoms with Crippen molar-refractivity contribution in [2.24, 2.45) is 10.9 Å². The van der Waals surface area contributed by atoms with Crippen molar-refractivity contribution < 1.29 is 0 Å². The summed E-state index contributed by atoms with van der Waals surface area (Å²) in [6, 6.07) is 1.20. The number of nitrogens with one attached hydrogen (secondary N) is 1. The van der Waals surface area contributed by atoms with Crippen molar-refractivity contribution in [2.45, 2.75) is 90.9 Å². The fourth-order valence-electron chi connectivity index (χ4n) is 5.97. The van der Waals surface area contributed by atoms with Crippen LogP contribution in [0.2, 0.25) is 0 Å². The van der Waals surface area contributed by atoms with Gasteiger partial charge in [-0.15, -0.1) is 0 Å². The van der Waals surface area contributed by atoms with E-state index in [4.69, 9.17) is 4.98 Å². The van der Waals surface area contributed by atoms with Gasteiger partial charge in [-0.3, -0.25) is 14.8 Å². The van der Waals surface area contributed by atoms with Crippen LogP contribution in [0.15, 0.2) is 58.5 Å². The van der Waals surface area contributed by atoms with Crippen LogP contribution >= 0.6 is 0 Å². The van der Waals surface area contributed by atoms with Crippen molar-refractivity contribution in [3.63, 3.8) is 0 Å². The van der Waals surface area contributed by atoms with Crippen molar-refractivity contribution in [3.8, 4) is 0 Å². The van der Waals surface area contributed by atoms with Crippen LogP contribution in [0.5, 0.6) is 0 Å². The highest BCUT2D eigenvalue weighted by atomic mass is 15.2. The van der Waals surface area contributed by atoms with Gasteiger partial charge in [-0.25, -0.2) is 9.97 Å². The Morgan fingerprint density at radius 1 is 1.14 bits per heavy atom. The zero-order valence-corrected chi connectivity index (χ0v) is 22.3. The number of allylic oxidation sites excluding steroid dienone is 5. The van der Waals surface area contributed by atoms with Gasteiger partial charge in [-0.2, -0.15) is 0 Å². The van der Waals surface area contributed by atoms with Crippen molar-refractivity contribution in [3.05, 3.63) is 64.8 Å². The Balaban J connectivity index is 1.18. The summed E-state index contributed by atoms with van der Waals surface area (Å²) in [5.74, 6) is 1.30. The standard InChI is InChI=1S/C30H42N6/c1-4-24-10-9-22(2)15-27(17-24)33-30-32-18-26-20-36(21-29(26)34-30)28-11-14-35(23(3)16-28)19-25-7-5-12-31-13-6-8-25/h5,8,12-13,15,17-18,22-23,28H,4,6-7,9-11,14,16,19-21H2,1-3H3,(H,32,33,34)/b12-5-,25-8+,31-13?/t22?,23-,28-/m1/s1. The first-order chi connectivity index (χ1) is 17.6. The molecule has 6 heteroatoms. The molecule has 1 aromatic rings. The molecule has 5 rings (SSSR count). The predicted molar refractivity (Wildman–Crippen MR) is 149 cm³/mol. The number of anilines is 1. The van der Waals surface area contributed by atoms with E-state index in [-0.39, 0.29) is 0 Å². The third kappa shape index (κ3) is 6.22. The molecule has 192 valence electrons. The zero-order chi connectivity index (χ0) is 24.9. The fourth-order valence-corrected chi connectivity index (χ4v) is 5.97. The normalized spacial score (nSPS) is 29.8. The van der Waals surface area contributed by atoms with E-state index in [1.165, 1.54) is 48.1 Å². The predicted octanol–water partition coefficient (Wildman–Crippen LogP) is 6.01. The van der Waals surface area contributed by atoms with E-state index in [1.54, 1.807) is 0 Å². The summed E-state index contributed by atoms with van der Waals surface area (Å²) in [7, 11) is 0. The summed E-state index contributed by atoms with van der Waals surface area (Å²) in [5, 5.41) is 3.52. The average Bonchev–Trinajstić information content (AvgIpc) is 3.18. The molecule has 36 heavy (non-hydrogen) atoms. The molecule has 4 heterocycles. The lowest BCUT2D eigenvalue weighted by atomic mass is 9.96. The molecule has 0 amide bonds. The molecule has 1 aliphatic carbocycles. The minimum absolute atomic E-state index is 0.569. The number of nitrogens with zero attached hydrogens (tertiary/aromatic N) is 5. The number of fused-ring (bicyclic) bond motifs is 1. The van der Waals surface area contributed by atoms with Crippen LogP contribution in [0.1, 0.15) is 77.0 Å². The summed E-state index contributed by atoms with van der Waals surface area (Å²) in [4.78, 5) is 19.2. The summed E-state index contributed by atoms with van der Waals surface area (Å²) in [6.45, 7) is 11.1. The van der Waals surface area contributed by atoms with E-state index >= 15 is 0 Å². The van der Waals surface area contributed by atoms with Gasteiger partial charge in [0.1, 0.15) is 0 Å². The largest absolute Gasteiger partial charge is 0.324 e. The van der Waals surface area contributed by atoms with E-state index < -0.39 is 0 Å². The van der Waals surface area contributed by atoms with Gasteiger partial charge in [-0.1, -0.05) is 43.2 Å². The number of rotatable bonds is 6. The van der Waals surface area contributed by atoms with E-state index in [9.17, 15) is 0 Å². The molecule has 6 nitrogen and oxygen atoms in total. The molecular formula is C30H42N6. The fraction of sp³-hybridized carbons (Fsp3) is 0.567. The third-order valence-corrected chi connectivity index (χ3v) is 8.23. The highest BCUT2D eigenvalue weighted by Crippen LogP contribution is 2.31. The maximum Gasteiger partial charge on any atom is 0.227 e. The molecule has 1 fully saturated rings. The molecule has 3 aliphatic heterocycles. The minimum atomic E-state index is 0.569. The summed E-state index contributed by atoms with van der Waals surface area (Å²) in [6.07, 6.45) is 23.0. The van der Waals surface area contributed by atoms with E-state index in [0.717, 1.165) is 57.1 Å². The van der Waals surface area contributed by atoms with E-state index in [0.29, 0.717) is 18.0 Å². The molecule has 0 bridgehead atoms. The first-order valence-corrected chi connectivity index (χ1v) is 13.9. The molecule has 0 spiro atoms. The number of likely N-dealkylation sites (tertiary alicyclic amines) is 1. The van der Waals surface area contributed by atoms with Gasteiger partial charge >= 0.3 is 0 Å². The van der Waals surface area contributed by atoms with Gasteiger partial charge in [0.15, 0.2) is 0 Å².